The Morgan fingerprint density at radius 3 is 2.74 bits per heavy atom. The molecule has 96 valence electrons. The number of benzene rings is 2. The monoisotopic (exact) mass is 251 g/mol. The molecule has 0 aliphatic rings. The summed E-state index contributed by atoms with van der Waals surface area (Å²) >= 11 is 0. The lowest BCUT2D eigenvalue weighted by molar-refractivity contribution is 0.819. The first-order valence-electron chi connectivity index (χ1n) is 6.46. The van der Waals surface area contributed by atoms with Gasteiger partial charge in [0.05, 0.1) is 11.0 Å². The number of aromatic nitrogens is 2. The highest BCUT2D eigenvalue weighted by Gasteiger charge is 2.07. The van der Waals surface area contributed by atoms with Crippen molar-refractivity contribution >= 4 is 11.0 Å². The van der Waals surface area contributed by atoms with Crippen molar-refractivity contribution in [3.05, 3.63) is 53.6 Å². The number of aryl methyl sites for hydroxylation is 1. The summed E-state index contributed by atoms with van der Waals surface area (Å²) in [6, 6.07) is 14.5. The number of rotatable bonds is 2. The van der Waals surface area contributed by atoms with E-state index in [-0.39, 0.29) is 6.04 Å². The fraction of sp³-hybridized carbons (Fsp3) is 0.188. The first-order valence-corrected chi connectivity index (χ1v) is 6.46. The molecule has 0 fully saturated rings. The van der Waals surface area contributed by atoms with E-state index in [4.69, 9.17) is 5.73 Å². The van der Waals surface area contributed by atoms with Crippen molar-refractivity contribution in [2.75, 3.05) is 0 Å². The fourth-order valence-corrected chi connectivity index (χ4v) is 2.24. The highest BCUT2D eigenvalue weighted by molar-refractivity contribution is 5.80. The molecule has 3 N–H and O–H groups in total. The van der Waals surface area contributed by atoms with Crippen LogP contribution in [0.4, 0.5) is 0 Å². The van der Waals surface area contributed by atoms with E-state index in [1.165, 1.54) is 5.56 Å². The molecule has 0 bridgehead atoms. The fourth-order valence-electron chi connectivity index (χ4n) is 2.24. The molecule has 0 radical (unpaired) electrons. The predicted molar refractivity (Wildman–Crippen MR) is 78.9 cm³/mol. The van der Waals surface area contributed by atoms with Gasteiger partial charge in [0.15, 0.2) is 0 Å². The summed E-state index contributed by atoms with van der Waals surface area (Å²) in [4.78, 5) is 8.00. The third kappa shape index (κ3) is 2.25. The molecule has 0 amide bonds. The van der Waals surface area contributed by atoms with E-state index < -0.39 is 0 Å². The van der Waals surface area contributed by atoms with Crippen LogP contribution in [0.25, 0.3) is 22.4 Å². The van der Waals surface area contributed by atoms with Gasteiger partial charge < -0.3 is 10.7 Å². The molecule has 3 aromatic rings. The molecule has 1 aromatic heterocycles. The van der Waals surface area contributed by atoms with Gasteiger partial charge in [-0.1, -0.05) is 29.8 Å². The van der Waals surface area contributed by atoms with Crippen molar-refractivity contribution in [1.82, 2.24) is 9.97 Å². The van der Waals surface area contributed by atoms with Gasteiger partial charge in [0.25, 0.3) is 0 Å². The number of hydrogen-bond acceptors (Lipinski definition) is 2. The smallest absolute Gasteiger partial charge is 0.138 e. The number of imidazole rings is 1. The maximum absolute atomic E-state index is 5.91. The van der Waals surface area contributed by atoms with Gasteiger partial charge in [0.1, 0.15) is 5.82 Å². The van der Waals surface area contributed by atoms with Crippen molar-refractivity contribution in [2.45, 2.75) is 19.9 Å². The van der Waals surface area contributed by atoms with Crippen molar-refractivity contribution in [1.29, 1.82) is 0 Å². The van der Waals surface area contributed by atoms with Gasteiger partial charge in [0, 0.05) is 11.6 Å². The predicted octanol–water partition coefficient (Wildman–Crippen LogP) is 3.56. The number of aromatic amines is 1. The molecule has 0 aliphatic carbocycles. The molecular formula is C16H17N3. The van der Waals surface area contributed by atoms with E-state index in [0.717, 1.165) is 28.0 Å². The lowest BCUT2D eigenvalue weighted by atomic mass is 10.1. The first-order chi connectivity index (χ1) is 9.13. The highest BCUT2D eigenvalue weighted by Crippen LogP contribution is 2.23. The van der Waals surface area contributed by atoms with Crippen LogP contribution in [0.5, 0.6) is 0 Å². The zero-order valence-corrected chi connectivity index (χ0v) is 11.1. The second-order valence-corrected chi connectivity index (χ2v) is 5.02. The van der Waals surface area contributed by atoms with Crippen LogP contribution in [0.15, 0.2) is 42.5 Å². The summed E-state index contributed by atoms with van der Waals surface area (Å²) in [7, 11) is 0. The lowest BCUT2D eigenvalue weighted by Crippen LogP contribution is -2.04. The number of H-pyrrole nitrogens is 1. The number of hydrogen-bond donors (Lipinski definition) is 2. The zero-order chi connectivity index (χ0) is 13.4. The van der Waals surface area contributed by atoms with Crippen LogP contribution >= 0.6 is 0 Å². The Labute approximate surface area is 112 Å². The average Bonchev–Trinajstić information content (AvgIpc) is 2.81. The van der Waals surface area contributed by atoms with E-state index in [1.54, 1.807) is 0 Å². The molecule has 3 nitrogen and oxygen atoms in total. The number of nitrogens with zero attached hydrogens (tertiary/aromatic N) is 1. The van der Waals surface area contributed by atoms with Gasteiger partial charge in [-0.2, -0.15) is 0 Å². The third-order valence-electron chi connectivity index (χ3n) is 3.32. The summed E-state index contributed by atoms with van der Waals surface area (Å²) in [6.07, 6.45) is 0. The summed E-state index contributed by atoms with van der Waals surface area (Å²) in [6.45, 7) is 4.07. The zero-order valence-electron chi connectivity index (χ0n) is 11.1. The van der Waals surface area contributed by atoms with E-state index >= 15 is 0 Å². The van der Waals surface area contributed by atoms with Gasteiger partial charge in [-0.15, -0.1) is 0 Å². The summed E-state index contributed by atoms with van der Waals surface area (Å²) in [5, 5.41) is 0. The Bertz CT molecular complexity index is 726. The third-order valence-corrected chi connectivity index (χ3v) is 3.32. The largest absolute Gasteiger partial charge is 0.338 e. The topological polar surface area (TPSA) is 54.7 Å². The van der Waals surface area contributed by atoms with Crippen LogP contribution in [0.2, 0.25) is 0 Å². The number of nitrogens with two attached hydrogens (primary N) is 1. The molecule has 0 aliphatic heterocycles. The second kappa shape index (κ2) is 4.52. The van der Waals surface area contributed by atoms with Crippen LogP contribution < -0.4 is 5.73 Å². The van der Waals surface area contributed by atoms with Crippen molar-refractivity contribution in [3.8, 4) is 11.4 Å². The van der Waals surface area contributed by atoms with Crippen molar-refractivity contribution < 1.29 is 0 Å². The van der Waals surface area contributed by atoms with E-state index in [9.17, 15) is 0 Å². The maximum Gasteiger partial charge on any atom is 0.138 e. The molecule has 0 saturated heterocycles. The van der Waals surface area contributed by atoms with Crippen LogP contribution in [0.1, 0.15) is 24.1 Å². The van der Waals surface area contributed by atoms with Gasteiger partial charge >= 0.3 is 0 Å². The molecule has 0 saturated carbocycles. The van der Waals surface area contributed by atoms with E-state index in [2.05, 4.69) is 41.2 Å². The van der Waals surface area contributed by atoms with Crippen molar-refractivity contribution in [3.63, 3.8) is 0 Å². The van der Waals surface area contributed by atoms with Gasteiger partial charge in [-0.3, -0.25) is 0 Å². The van der Waals surface area contributed by atoms with Crippen LogP contribution in [-0.4, -0.2) is 9.97 Å². The summed E-state index contributed by atoms with van der Waals surface area (Å²) < 4.78 is 0. The molecule has 3 rings (SSSR count). The average molecular weight is 251 g/mol. The minimum Gasteiger partial charge on any atom is -0.338 e. The second-order valence-electron chi connectivity index (χ2n) is 5.02. The Kier molecular flexibility index (Phi) is 2.84. The normalized spacial score (nSPS) is 12.8. The lowest BCUT2D eigenvalue weighted by Gasteiger charge is -2.03. The van der Waals surface area contributed by atoms with E-state index in [1.807, 2.05) is 25.1 Å². The Morgan fingerprint density at radius 2 is 2.00 bits per heavy atom. The highest BCUT2D eigenvalue weighted by atomic mass is 14.9. The van der Waals surface area contributed by atoms with E-state index in [0.29, 0.717) is 0 Å². The van der Waals surface area contributed by atoms with Gasteiger partial charge in [0.2, 0.25) is 0 Å². The minimum atomic E-state index is 0.0371. The molecule has 2 aromatic carbocycles. The first kappa shape index (κ1) is 11.9. The Morgan fingerprint density at radius 1 is 1.16 bits per heavy atom. The quantitative estimate of drug-likeness (QED) is 0.731. The van der Waals surface area contributed by atoms with Crippen LogP contribution in [0, 0.1) is 6.92 Å². The van der Waals surface area contributed by atoms with Crippen LogP contribution in [0.3, 0.4) is 0 Å². The molecule has 1 heterocycles. The molecule has 1 unspecified atom stereocenters. The minimum absolute atomic E-state index is 0.0371. The number of fused-ring (bicyclic) bond motifs is 1. The SMILES string of the molecule is Cc1cccc(-c2nc3ccc(C(C)N)cc3[nH]2)c1. The van der Waals surface area contributed by atoms with Gasteiger partial charge in [-0.05, 0) is 37.6 Å². The molecule has 3 heteroatoms. The molecule has 0 spiro atoms. The Hall–Kier alpha value is -2.13. The maximum atomic E-state index is 5.91. The Balaban J connectivity index is 2.11. The molecular weight excluding hydrogens is 234 g/mol. The summed E-state index contributed by atoms with van der Waals surface area (Å²) in [5.41, 5.74) is 11.4. The molecule has 1 atom stereocenters. The number of nitrogens with one attached hydrogen (secondary N) is 1. The van der Waals surface area contributed by atoms with Gasteiger partial charge in [-0.25, -0.2) is 4.98 Å². The summed E-state index contributed by atoms with van der Waals surface area (Å²) in [5.74, 6) is 0.903. The standard InChI is InChI=1S/C16H17N3/c1-10-4-3-5-13(8-10)16-18-14-7-6-12(11(2)17)9-15(14)19-16/h3-9,11H,17H2,1-2H3,(H,18,19). The molecule has 19 heavy (non-hydrogen) atoms. The van der Waals surface area contributed by atoms with Crippen LogP contribution in [-0.2, 0) is 0 Å². The van der Waals surface area contributed by atoms with Crippen molar-refractivity contribution in [2.24, 2.45) is 5.73 Å².